The van der Waals surface area contributed by atoms with Crippen molar-refractivity contribution in [1.82, 2.24) is 0 Å². The molecule has 0 spiro atoms. The molecule has 6 heteroatoms. The van der Waals surface area contributed by atoms with E-state index in [0.29, 0.717) is 19.3 Å². The van der Waals surface area contributed by atoms with Crippen LogP contribution in [0, 0.1) is 0 Å². The van der Waals surface area contributed by atoms with Crippen LogP contribution < -0.4 is 0 Å². The standard InChI is InChI=1S/C59H110O6/c1-4-7-10-13-16-19-22-25-26-27-28-29-30-31-32-33-35-37-40-43-46-49-52-58(61)64-55-56(54-63-57(60)51-48-45-42-39-36-24-21-18-15-12-9-6-3)65-59(62)53-50-47-44-41-38-34-23-20-17-14-11-8-5-2/h18,20-21,23,56H,4-17,19,22,24-55H2,1-3H3/b21-18-,23-20-. The molecular formula is C59H110O6. The lowest BCUT2D eigenvalue weighted by Gasteiger charge is -2.18. The van der Waals surface area contributed by atoms with Crippen molar-refractivity contribution in [3.8, 4) is 0 Å². The van der Waals surface area contributed by atoms with Crippen LogP contribution >= 0.6 is 0 Å². The largest absolute Gasteiger partial charge is 0.462 e. The Morgan fingerprint density at radius 1 is 0.292 bits per heavy atom. The first kappa shape index (κ1) is 62.9. The van der Waals surface area contributed by atoms with Gasteiger partial charge in [0.15, 0.2) is 6.10 Å². The fourth-order valence-corrected chi connectivity index (χ4v) is 8.55. The van der Waals surface area contributed by atoms with Crippen molar-refractivity contribution in [3.63, 3.8) is 0 Å². The van der Waals surface area contributed by atoms with Gasteiger partial charge in [0.25, 0.3) is 0 Å². The van der Waals surface area contributed by atoms with Crippen molar-refractivity contribution in [1.29, 1.82) is 0 Å². The molecule has 0 bridgehead atoms. The van der Waals surface area contributed by atoms with Crippen LogP contribution in [0.2, 0.25) is 0 Å². The first-order valence-corrected chi connectivity index (χ1v) is 28.8. The number of ether oxygens (including phenoxy) is 3. The van der Waals surface area contributed by atoms with Gasteiger partial charge in [0.1, 0.15) is 13.2 Å². The van der Waals surface area contributed by atoms with Crippen LogP contribution in [-0.4, -0.2) is 37.2 Å². The van der Waals surface area contributed by atoms with Gasteiger partial charge < -0.3 is 14.2 Å². The molecule has 1 unspecified atom stereocenters. The van der Waals surface area contributed by atoms with Crippen LogP contribution in [0.15, 0.2) is 24.3 Å². The number of carbonyl (C=O) groups is 3. The zero-order valence-electron chi connectivity index (χ0n) is 43.8. The minimum absolute atomic E-state index is 0.0731. The third-order valence-electron chi connectivity index (χ3n) is 12.9. The summed E-state index contributed by atoms with van der Waals surface area (Å²) in [5.41, 5.74) is 0. The molecule has 65 heavy (non-hydrogen) atoms. The number of esters is 3. The Morgan fingerprint density at radius 3 is 0.815 bits per heavy atom. The summed E-state index contributed by atoms with van der Waals surface area (Å²) in [7, 11) is 0. The maximum absolute atomic E-state index is 12.8. The van der Waals surface area contributed by atoms with E-state index in [1.807, 2.05) is 0 Å². The third kappa shape index (κ3) is 52.7. The van der Waals surface area contributed by atoms with Gasteiger partial charge in [-0.1, -0.05) is 251 Å². The van der Waals surface area contributed by atoms with Crippen molar-refractivity contribution in [2.45, 2.75) is 322 Å². The van der Waals surface area contributed by atoms with Crippen LogP contribution in [0.5, 0.6) is 0 Å². The monoisotopic (exact) mass is 915 g/mol. The summed E-state index contributed by atoms with van der Waals surface area (Å²) in [5.74, 6) is -0.874. The van der Waals surface area contributed by atoms with Gasteiger partial charge in [0.2, 0.25) is 0 Å². The van der Waals surface area contributed by atoms with Crippen LogP contribution in [0.4, 0.5) is 0 Å². The quantitative estimate of drug-likeness (QED) is 0.0262. The summed E-state index contributed by atoms with van der Waals surface area (Å²) >= 11 is 0. The van der Waals surface area contributed by atoms with Crippen LogP contribution in [0.1, 0.15) is 316 Å². The molecule has 0 heterocycles. The van der Waals surface area contributed by atoms with E-state index in [1.165, 1.54) is 205 Å². The molecule has 0 radical (unpaired) electrons. The smallest absolute Gasteiger partial charge is 0.306 e. The second kappa shape index (κ2) is 54.5. The number of rotatable bonds is 53. The second-order valence-corrected chi connectivity index (χ2v) is 19.6. The number of unbranched alkanes of at least 4 members (excludes halogenated alkanes) is 38. The van der Waals surface area contributed by atoms with Gasteiger partial charge in [-0.25, -0.2) is 0 Å². The molecule has 0 rings (SSSR count). The normalized spacial score (nSPS) is 12.1. The van der Waals surface area contributed by atoms with Crippen molar-refractivity contribution < 1.29 is 28.6 Å². The number of hydrogen-bond donors (Lipinski definition) is 0. The lowest BCUT2D eigenvalue weighted by atomic mass is 10.0. The summed E-state index contributed by atoms with van der Waals surface area (Å²) in [4.78, 5) is 38.0. The highest BCUT2D eigenvalue weighted by atomic mass is 16.6. The van der Waals surface area contributed by atoms with Gasteiger partial charge in [-0.3, -0.25) is 14.4 Å². The van der Waals surface area contributed by atoms with Gasteiger partial charge in [-0.05, 0) is 70.6 Å². The summed E-state index contributed by atoms with van der Waals surface area (Å²) < 4.78 is 16.8. The minimum atomic E-state index is -0.774. The predicted octanol–water partition coefficient (Wildman–Crippen LogP) is 19.1. The molecule has 0 amide bonds. The molecule has 0 aliphatic carbocycles. The van der Waals surface area contributed by atoms with Crippen molar-refractivity contribution in [3.05, 3.63) is 24.3 Å². The fraction of sp³-hybridized carbons (Fsp3) is 0.881. The Kier molecular flexibility index (Phi) is 52.7. The Labute approximate surface area is 404 Å². The van der Waals surface area contributed by atoms with E-state index in [4.69, 9.17) is 14.2 Å². The first-order chi connectivity index (χ1) is 32.0. The predicted molar refractivity (Wildman–Crippen MR) is 279 cm³/mol. The number of carbonyl (C=O) groups excluding carboxylic acids is 3. The summed E-state index contributed by atoms with van der Waals surface area (Å²) in [6.07, 6.45) is 63.2. The van der Waals surface area contributed by atoms with E-state index in [-0.39, 0.29) is 31.1 Å². The molecule has 0 aromatic heterocycles. The van der Waals surface area contributed by atoms with Gasteiger partial charge in [0, 0.05) is 19.3 Å². The molecule has 0 aliphatic rings. The highest BCUT2D eigenvalue weighted by Crippen LogP contribution is 2.17. The molecule has 1 atom stereocenters. The zero-order chi connectivity index (χ0) is 47.2. The molecule has 0 saturated carbocycles. The Bertz CT molecular complexity index is 1050. The maximum Gasteiger partial charge on any atom is 0.306 e. The molecule has 0 aromatic carbocycles. The Morgan fingerprint density at radius 2 is 0.508 bits per heavy atom. The number of allylic oxidation sites excluding steroid dienone is 4. The van der Waals surface area contributed by atoms with E-state index >= 15 is 0 Å². The Hall–Kier alpha value is -2.11. The third-order valence-corrected chi connectivity index (χ3v) is 12.9. The van der Waals surface area contributed by atoms with Crippen LogP contribution in [0.3, 0.4) is 0 Å². The van der Waals surface area contributed by atoms with Crippen molar-refractivity contribution in [2.24, 2.45) is 0 Å². The topological polar surface area (TPSA) is 78.9 Å². The SMILES string of the molecule is CCCCC/C=C\CCCCCCCC(=O)OCC(COC(=O)CCCCCCCCCCCCCCCCCCCCCCCC)OC(=O)CCCCCCC/C=C\CCCCCC. The molecule has 0 aliphatic heterocycles. The second-order valence-electron chi connectivity index (χ2n) is 19.6. The van der Waals surface area contributed by atoms with Gasteiger partial charge in [-0.2, -0.15) is 0 Å². The molecule has 0 N–H and O–H groups in total. The molecule has 382 valence electrons. The minimum Gasteiger partial charge on any atom is -0.462 e. The van der Waals surface area contributed by atoms with E-state index in [1.54, 1.807) is 0 Å². The average Bonchev–Trinajstić information content (AvgIpc) is 3.30. The van der Waals surface area contributed by atoms with E-state index < -0.39 is 6.10 Å². The first-order valence-electron chi connectivity index (χ1n) is 28.8. The average molecular weight is 916 g/mol. The van der Waals surface area contributed by atoms with E-state index in [0.717, 1.165) is 70.6 Å². The molecule has 0 saturated heterocycles. The lowest BCUT2D eigenvalue weighted by Crippen LogP contribution is -2.30. The van der Waals surface area contributed by atoms with Crippen molar-refractivity contribution in [2.75, 3.05) is 13.2 Å². The van der Waals surface area contributed by atoms with Gasteiger partial charge >= 0.3 is 17.9 Å². The maximum atomic E-state index is 12.8. The van der Waals surface area contributed by atoms with E-state index in [2.05, 4.69) is 45.1 Å². The molecular weight excluding hydrogens is 805 g/mol. The van der Waals surface area contributed by atoms with Gasteiger partial charge in [-0.15, -0.1) is 0 Å². The Balaban J connectivity index is 4.23. The molecule has 0 aromatic rings. The van der Waals surface area contributed by atoms with Crippen molar-refractivity contribution >= 4 is 17.9 Å². The molecule has 6 nitrogen and oxygen atoms in total. The molecule has 0 fully saturated rings. The highest BCUT2D eigenvalue weighted by molar-refractivity contribution is 5.71. The summed E-state index contributed by atoms with van der Waals surface area (Å²) in [6, 6.07) is 0. The van der Waals surface area contributed by atoms with Gasteiger partial charge in [0.05, 0.1) is 0 Å². The van der Waals surface area contributed by atoms with E-state index in [9.17, 15) is 14.4 Å². The zero-order valence-corrected chi connectivity index (χ0v) is 43.8. The lowest BCUT2D eigenvalue weighted by molar-refractivity contribution is -0.167. The summed E-state index contributed by atoms with van der Waals surface area (Å²) in [6.45, 7) is 6.63. The van der Waals surface area contributed by atoms with Crippen LogP contribution in [-0.2, 0) is 28.6 Å². The van der Waals surface area contributed by atoms with Crippen LogP contribution in [0.25, 0.3) is 0 Å². The fourth-order valence-electron chi connectivity index (χ4n) is 8.55. The highest BCUT2D eigenvalue weighted by Gasteiger charge is 2.19. The summed E-state index contributed by atoms with van der Waals surface area (Å²) in [5, 5.41) is 0. The number of hydrogen-bond acceptors (Lipinski definition) is 6.